The highest BCUT2D eigenvalue weighted by atomic mass is 127. The number of halogens is 1. The van der Waals surface area contributed by atoms with Crippen LogP contribution in [0.3, 0.4) is 0 Å². The first kappa shape index (κ1) is 8.04. The molecule has 1 aromatic heterocycles. The highest BCUT2D eigenvalue weighted by Gasteiger charge is 1.94. The van der Waals surface area contributed by atoms with Gasteiger partial charge in [0.2, 0.25) is 0 Å². The predicted octanol–water partition coefficient (Wildman–Crippen LogP) is 1.10. The van der Waals surface area contributed by atoms with Crippen molar-refractivity contribution in [2.75, 3.05) is 0 Å². The van der Waals surface area contributed by atoms with Crippen LogP contribution in [-0.4, -0.2) is 12.8 Å². The lowest BCUT2D eigenvalue weighted by Crippen LogP contribution is -2.01. The smallest absolute Gasteiger partial charge is 0.141 e. The molecule has 12 heavy (non-hydrogen) atoms. The zero-order valence-electron chi connectivity index (χ0n) is 6.71. The van der Waals surface area contributed by atoms with Crippen molar-refractivity contribution in [1.29, 1.82) is 0 Å². The van der Waals surface area contributed by atoms with Gasteiger partial charge in [-0.15, -0.1) is 0 Å². The van der Waals surface area contributed by atoms with Gasteiger partial charge in [0.1, 0.15) is 7.85 Å². The Labute approximate surface area is 85.7 Å². The molecule has 0 unspecified atom stereocenters. The van der Waals surface area contributed by atoms with Gasteiger partial charge in [0.15, 0.2) is 0 Å². The minimum Gasteiger partial charge on any atom is -0.257 e. The summed E-state index contributed by atoms with van der Waals surface area (Å²) in [7, 11) is 2.06. The molecule has 0 atom stereocenters. The lowest BCUT2D eigenvalue weighted by Gasteiger charge is -1.98. The summed E-state index contributed by atoms with van der Waals surface area (Å²) in [5.41, 5.74) is 2.29. The van der Waals surface area contributed by atoms with E-state index in [1.165, 1.54) is 14.4 Å². The van der Waals surface area contributed by atoms with Crippen LogP contribution in [0, 0.1) is 3.57 Å². The summed E-state index contributed by atoms with van der Waals surface area (Å²) >= 11 is 2.30. The summed E-state index contributed by atoms with van der Waals surface area (Å²) in [5.74, 6) is 0. The van der Waals surface area contributed by atoms with E-state index in [4.69, 9.17) is 0 Å². The fourth-order valence-corrected chi connectivity index (χ4v) is 1.68. The van der Waals surface area contributed by atoms with Crippen molar-refractivity contribution in [2.45, 2.75) is 0 Å². The minimum absolute atomic E-state index is 1.08. The Morgan fingerprint density at radius 1 is 1.25 bits per heavy atom. The first-order chi connectivity index (χ1) is 5.75. The quantitative estimate of drug-likeness (QED) is 0.514. The maximum Gasteiger partial charge on any atom is 0.141 e. The van der Waals surface area contributed by atoms with Crippen LogP contribution in [0.5, 0.6) is 0 Å². The maximum atomic E-state index is 4.34. The van der Waals surface area contributed by atoms with E-state index < -0.39 is 0 Å². The molecular weight excluding hydrogens is 260 g/mol. The lowest BCUT2D eigenvalue weighted by molar-refractivity contribution is 1.43. The van der Waals surface area contributed by atoms with Crippen molar-refractivity contribution in [2.24, 2.45) is 0 Å². The Hall–Kier alpha value is -0.575. The van der Waals surface area contributed by atoms with Gasteiger partial charge in [-0.2, -0.15) is 0 Å². The Balaban J connectivity index is 2.79. The molecule has 0 saturated heterocycles. The summed E-state index contributed by atoms with van der Waals surface area (Å²) in [6.45, 7) is 0. The van der Waals surface area contributed by atoms with Crippen LogP contribution in [0.4, 0.5) is 0 Å². The highest BCUT2D eigenvalue weighted by molar-refractivity contribution is 14.1. The van der Waals surface area contributed by atoms with Gasteiger partial charge in [-0.3, -0.25) is 4.98 Å². The van der Waals surface area contributed by atoms with Gasteiger partial charge in [0.25, 0.3) is 0 Å². The number of hydrogen-bond donors (Lipinski definition) is 0. The summed E-state index contributed by atoms with van der Waals surface area (Å²) in [5, 5.41) is 1.22. The van der Waals surface area contributed by atoms with Crippen LogP contribution in [0.15, 0.2) is 30.5 Å². The molecule has 1 nitrogen and oxygen atoms in total. The number of pyridine rings is 1. The summed E-state index contributed by atoms with van der Waals surface area (Å²) < 4.78 is 1.23. The normalized spacial score (nSPS) is 10.4. The molecule has 1 heterocycles. The van der Waals surface area contributed by atoms with E-state index in [0.717, 1.165) is 5.52 Å². The predicted molar refractivity (Wildman–Crippen MR) is 62.6 cm³/mol. The van der Waals surface area contributed by atoms with Crippen molar-refractivity contribution >= 4 is 46.8 Å². The summed E-state index contributed by atoms with van der Waals surface area (Å²) in [6, 6.07) is 8.45. The molecule has 0 aliphatic rings. The summed E-state index contributed by atoms with van der Waals surface area (Å²) in [6.07, 6.45) is 1.90. The molecule has 0 spiro atoms. The van der Waals surface area contributed by atoms with E-state index in [2.05, 4.69) is 59.7 Å². The van der Waals surface area contributed by atoms with E-state index in [1.54, 1.807) is 0 Å². The maximum absolute atomic E-state index is 4.34. The number of fused-ring (bicyclic) bond motifs is 1. The van der Waals surface area contributed by atoms with E-state index in [-0.39, 0.29) is 0 Å². The van der Waals surface area contributed by atoms with Crippen molar-refractivity contribution in [3.8, 4) is 0 Å². The first-order valence-electron chi connectivity index (χ1n) is 3.77. The monoisotopic (exact) mass is 267 g/mol. The Kier molecular flexibility index (Phi) is 2.04. The molecule has 0 fully saturated rings. The fraction of sp³-hybridized carbons (Fsp3) is 0. The zero-order chi connectivity index (χ0) is 8.55. The number of nitrogens with zero attached hydrogens (tertiary/aromatic N) is 1. The van der Waals surface area contributed by atoms with E-state index in [1.807, 2.05) is 6.20 Å². The van der Waals surface area contributed by atoms with E-state index in [9.17, 15) is 0 Å². The van der Waals surface area contributed by atoms with Crippen LogP contribution >= 0.6 is 22.6 Å². The topological polar surface area (TPSA) is 12.9 Å². The standard InChI is InChI=1S/C9H7BIN/c10-7-3-6-1-2-8(11)4-9(6)12-5-7/h1-5H,10H2. The fourth-order valence-electron chi connectivity index (χ4n) is 1.20. The first-order valence-corrected chi connectivity index (χ1v) is 4.85. The highest BCUT2D eigenvalue weighted by Crippen LogP contribution is 2.13. The van der Waals surface area contributed by atoms with Crippen LogP contribution < -0.4 is 5.46 Å². The molecule has 0 saturated carbocycles. The minimum atomic E-state index is 1.08. The van der Waals surface area contributed by atoms with Crippen LogP contribution in [-0.2, 0) is 0 Å². The third-order valence-corrected chi connectivity index (χ3v) is 2.45. The number of hydrogen-bond acceptors (Lipinski definition) is 1. The molecule has 0 amide bonds. The largest absolute Gasteiger partial charge is 0.257 e. The molecule has 3 heteroatoms. The van der Waals surface area contributed by atoms with Crippen LogP contribution in [0.2, 0.25) is 0 Å². The Morgan fingerprint density at radius 2 is 2.08 bits per heavy atom. The average Bonchev–Trinajstić information content (AvgIpc) is 2.05. The Bertz CT molecular complexity index is 387. The third-order valence-electron chi connectivity index (χ3n) is 1.78. The molecule has 0 N–H and O–H groups in total. The molecule has 0 bridgehead atoms. The molecule has 58 valence electrons. The number of benzene rings is 1. The molecule has 0 radical (unpaired) electrons. The van der Waals surface area contributed by atoms with Gasteiger partial charge in [0.05, 0.1) is 5.52 Å². The van der Waals surface area contributed by atoms with Gasteiger partial charge < -0.3 is 0 Å². The number of rotatable bonds is 0. The van der Waals surface area contributed by atoms with Gasteiger partial charge >= 0.3 is 0 Å². The van der Waals surface area contributed by atoms with Crippen molar-refractivity contribution in [1.82, 2.24) is 4.98 Å². The molecule has 0 aliphatic carbocycles. The molecule has 2 aromatic rings. The summed E-state index contributed by atoms with van der Waals surface area (Å²) in [4.78, 5) is 4.34. The van der Waals surface area contributed by atoms with Crippen molar-refractivity contribution in [3.63, 3.8) is 0 Å². The van der Waals surface area contributed by atoms with Crippen molar-refractivity contribution < 1.29 is 0 Å². The van der Waals surface area contributed by atoms with E-state index in [0.29, 0.717) is 0 Å². The van der Waals surface area contributed by atoms with Gasteiger partial charge in [-0.05, 0) is 40.1 Å². The number of aromatic nitrogens is 1. The van der Waals surface area contributed by atoms with Crippen LogP contribution in [0.1, 0.15) is 0 Å². The van der Waals surface area contributed by atoms with Gasteiger partial charge in [0, 0.05) is 9.77 Å². The second-order valence-corrected chi connectivity index (χ2v) is 4.10. The lowest BCUT2D eigenvalue weighted by atomic mass is 9.97. The molecule has 1 aromatic carbocycles. The molecule has 0 aliphatic heterocycles. The zero-order valence-corrected chi connectivity index (χ0v) is 8.87. The molecule has 2 rings (SSSR count). The average molecular weight is 267 g/mol. The van der Waals surface area contributed by atoms with Gasteiger partial charge in [-0.25, -0.2) is 0 Å². The second-order valence-electron chi connectivity index (χ2n) is 2.85. The molecular formula is C9H7BIN. The SMILES string of the molecule is Bc1cnc2cc(I)ccc2c1. The van der Waals surface area contributed by atoms with Crippen LogP contribution in [0.25, 0.3) is 10.9 Å². The third kappa shape index (κ3) is 1.46. The second kappa shape index (κ2) is 3.05. The van der Waals surface area contributed by atoms with Crippen molar-refractivity contribution in [3.05, 3.63) is 34.0 Å². The van der Waals surface area contributed by atoms with E-state index >= 15 is 0 Å². The van der Waals surface area contributed by atoms with Gasteiger partial charge in [-0.1, -0.05) is 17.6 Å². The Morgan fingerprint density at radius 3 is 2.92 bits per heavy atom.